The molecule has 0 spiro atoms. The van der Waals surface area contributed by atoms with Crippen LogP contribution in [0.25, 0.3) is 4.85 Å². The van der Waals surface area contributed by atoms with Crippen LogP contribution in [-0.4, -0.2) is 36.4 Å². The zero-order valence-corrected chi connectivity index (χ0v) is 21.3. The third-order valence-corrected chi connectivity index (χ3v) is 6.25. The molecule has 0 radical (unpaired) electrons. The van der Waals surface area contributed by atoms with Gasteiger partial charge in [-0.25, -0.2) is 19.7 Å². The van der Waals surface area contributed by atoms with Crippen LogP contribution < -0.4 is 9.47 Å². The van der Waals surface area contributed by atoms with Gasteiger partial charge >= 0.3 is 11.9 Å². The van der Waals surface area contributed by atoms with Crippen LogP contribution in [0.15, 0.2) is 25.8 Å². The molecule has 1 aromatic rings. The number of carbonyl (C=O) groups excluding carboxylic acids is 2. The summed E-state index contributed by atoms with van der Waals surface area (Å²) in [5, 5.41) is 9.29. The maximum atomic E-state index is 12.1. The highest BCUT2D eigenvalue weighted by molar-refractivity contribution is 8.24. The summed E-state index contributed by atoms with van der Waals surface area (Å²) in [7, 11) is 0. The molecule has 0 amide bonds. The Kier molecular flexibility index (Phi) is 8.34. The minimum atomic E-state index is -0.644. The van der Waals surface area contributed by atoms with E-state index in [0.29, 0.717) is 31.1 Å². The van der Waals surface area contributed by atoms with Gasteiger partial charge in [0.1, 0.15) is 22.7 Å². The molecule has 176 valence electrons. The summed E-state index contributed by atoms with van der Waals surface area (Å²) >= 11 is 2.38. The van der Waals surface area contributed by atoms with Crippen LogP contribution in [0, 0.1) is 24.8 Å². The first kappa shape index (κ1) is 26.4. The molecule has 0 atom stereocenters. The number of thioether (sulfide) groups is 2. The molecule has 1 heterocycles. The molecule has 0 bridgehead atoms. The second-order valence-electron chi connectivity index (χ2n) is 8.99. The number of hydrogen-bond donors (Lipinski definition) is 0. The van der Waals surface area contributed by atoms with Gasteiger partial charge in [0.05, 0.1) is 26.7 Å². The van der Waals surface area contributed by atoms with Gasteiger partial charge in [-0.3, -0.25) is 0 Å². The van der Waals surface area contributed by atoms with Gasteiger partial charge in [0.15, 0.2) is 13.2 Å². The number of ether oxygens (including phenoxy) is 4. The SMILES string of the molecule is [C-]#[N+]/C(C#N)=C1\Sc2c(OCC(=O)OC(C)(C)C)cc(C)c(OCC(=O)OC(C)(C)C)c2S1. The molecule has 0 N–H and O–H groups in total. The second kappa shape index (κ2) is 10.4. The highest BCUT2D eigenvalue weighted by atomic mass is 32.2. The number of nitriles is 1. The molecular weight excluding hydrogens is 464 g/mol. The zero-order valence-electron chi connectivity index (χ0n) is 19.7. The number of carbonyl (C=O) groups is 2. The fraction of sp³-hybridized carbons (Fsp3) is 0.478. The number of aryl methyl sites for hydroxylation is 1. The van der Waals surface area contributed by atoms with Crippen LogP contribution in [0.5, 0.6) is 11.5 Å². The molecule has 33 heavy (non-hydrogen) atoms. The summed E-state index contributed by atoms with van der Waals surface area (Å²) in [6.45, 7) is 19.0. The van der Waals surface area contributed by atoms with Crippen molar-refractivity contribution in [1.82, 2.24) is 0 Å². The van der Waals surface area contributed by atoms with Crippen molar-refractivity contribution in [3.05, 3.63) is 33.0 Å². The fourth-order valence-electron chi connectivity index (χ4n) is 2.63. The number of esters is 2. The largest absolute Gasteiger partial charge is 0.481 e. The van der Waals surface area contributed by atoms with Crippen LogP contribution >= 0.6 is 23.5 Å². The Morgan fingerprint density at radius 2 is 1.52 bits per heavy atom. The standard InChI is InChI=1S/C23H26N2O6S2/c1-13-9-15(28-11-16(26)30-22(2,3)4)19-20(33-21(32-19)14(10-24)25-8)18(13)29-12-17(27)31-23(5,6)7/h9H,11-12H2,1-7H3/b21-14+. The Morgan fingerprint density at radius 3 is 2.00 bits per heavy atom. The lowest BCUT2D eigenvalue weighted by Crippen LogP contribution is -2.27. The predicted octanol–water partition coefficient (Wildman–Crippen LogP) is 5.25. The maximum Gasteiger partial charge on any atom is 0.344 e. The Balaban J connectivity index is 2.35. The van der Waals surface area contributed by atoms with Crippen molar-refractivity contribution in [2.45, 2.75) is 69.5 Å². The van der Waals surface area contributed by atoms with E-state index in [0.717, 1.165) is 0 Å². The van der Waals surface area contributed by atoms with Gasteiger partial charge in [0.25, 0.3) is 5.70 Å². The molecule has 1 aromatic carbocycles. The summed E-state index contributed by atoms with van der Waals surface area (Å²) in [5.41, 5.74) is -0.688. The van der Waals surface area contributed by atoms with E-state index in [1.165, 1.54) is 23.5 Å². The van der Waals surface area contributed by atoms with Gasteiger partial charge in [-0.05, 0) is 60.1 Å². The number of benzene rings is 1. The van der Waals surface area contributed by atoms with Gasteiger partial charge in [-0.2, -0.15) is 0 Å². The minimum absolute atomic E-state index is 0.0602. The van der Waals surface area contributed by atoms with Crippen molar-refractivity contribution < 1.29 is 28.5 Å². The van der Waals surface area contributed by atoms with Gasteiger partial charge in [-0.15, -0.1) is 0 Å². The van der Waals surface area contributed by atoms with Crippen molar-refractivity contribution in [1.29, 1.82) is 5.26 Å². The number of rotatable bonds is 6. The summed E-state index contributed by atoms with van der Waals surface area (Å²) in [5.74, 6) is -0.223. The number of fused-ring (bicyclic) bond motifs is 1. The van der Waals surface area contributed by atoms with Crippen LogP contribution in [-0.2, 0) is 19.1 Å². The number of hydrogen-bond acceptors (Lipinski definition) is 9. The molecule has 0 fully saturated rings. The van der Waals surface area contributed by atoms with E-state index in [1.54, 1.807) is 54.5 Å². The average molecular weight is 491 g/mol. The zero-order chi connectivity index (χ0) is 25.0. The molecule has 0 aromatic heterocycles. The molecule has 2 rings (SSSR count). The summed E-state index contributed by atoms with van der Waals surface area (Å²) in [4.78, 5) is 28.7. The summed E-state index contributed by atoms with van der Waals surface area (Å²) < 4.78 is 22.6. The molecule has 1 aliphatic heterocycles. The molecule has 0 saturated carbocycles. The van der Waals surface area contributed by atoms with Crippen molar-refractivity contribution in [2.24, 2.45) is 0 Å². The second-order valence-corrected chi connectivity index (χ2v) is 11.3. The highest BCUT2D eigenvalue weighted by Gasteiger charge is 2.31. The summed E-state index contributed by atoms with van der Waals surface area (Å²) in [6, 6.07) is 3.58. The average Bonchev–Trinajstić information content (AvgIpc) is 3.08. The fourth-order valence-corrected chi connectivity index (χ4v) is 5.20. The van der Waals surface area contributed by atoms with Crippen LogP contribution in [0.4, 0.5) is 0 Å². The lowest BCUT2D eigenvalue weighted by atomic mass is 10.2. The van der Waals surface area contributed by atoms with E-state index >= 15 is 0 Å². The van der Waals surface area contributed by atoms with E-state index in [2.05, 4.69) is 4.85 Å². The monoisotopic (exact) mass is 490 g/mol. The third kappa shape index (κ3) is 7.62. The van der Waals surface area contributed by atoms with E-state index < -0.39 is 23.1 Å². The van der Waals surface area contributed by atoms with Crippen molar-refractivity contribution in [3.63, 3.8) is 0 Å². The Hall–Kier alpha value is -2.82. The maximum absolute atomic E-state index is 12.1. The molecule has 1 aliphatic rings. The first-order chi connectivity index (χ1) is 15.2. The van der Waals surface area contributed by atoms with Crippen LogP contribution in [0.1, 0.15) is 47.1 Å². The highest BCUT2D eigenvalue weighted by Crippen LogP contribution is 2.59. The number of allylic oxidation sites excluding steroid dienone is 1. The summed E-state index contributed by atoms with van der Waals surface area (Å²) in [6.07, 6.45) is 0. The molecule has 0 aliphatic carbocycles. The van der Waals surface area contributed by atoms with Gasteiger partial charge in [-0.1, -0.05) is 23.5 Å². The lowest BCUT2D eigenvalue weighted by molar-refractivity contribution is -0.158. The van der Waals surface area contributed by atoms with E-state index in [1.807, 2.05) is 6.07 Å². The minimum Gasteiger partial charge on any atom is -0.481 e. The Bertz CT molecular complexity index is 1050. The molecule has 0 saturated heterocycles. The Labute approximate surface area is 202 Å². The third-order valence-electron chi connectivity index (χ3n) is 3.66. The van der Waals surface area contributed by atoms with Gasteiger partial charge < -0.3 is 18.9 Å². The quantitative estimate of drug-likeness (QED) is 0.301. The normalized spacial score (nSPS) is 14.5. The lowest BCUT2D eigenvalue weighted by Gasteiger charge is -2.21. The van der Waals surface area contributed by atoms with Crippen molar-refractivity contribution >= 4 is 35.5 Å². The van der Waals surface area contributed by atoms with E-state index in [-0.39, 0.29) is 18.9 Å². The van der Waals surface area contributed by atoms with Crippen LogP contribution in [0.3, 0.4) is 0 Å². The molecular formula is C23H26N2O6S2. The molecule has 10 heteroatoms. The van der Waals surface area contributed by atoms with E-state index in [9.17, 15) is 14.9 Å². The first-order valence-corrected chi connectivity index (χ1v) is 11.6. The molecule has 0 unspecified atom stereocenters. The molecule has 8 nitrogen and oxygen atoms in total. The first-order valence-electron chi connectivity index (χ1n) is 9.98. The van der Waals surface area contributed by atoms with Crippen molar-refractivity contribution in [3.8, 4) is 17.6 Å². The van der Waals surface area contributed by atoms with Gasteiger partial charge in [0, 0.05) is 0 Å². The van der Waals surface area contributed by atoms with Crippen molar-refractivity contribution in [2.75, 3.05) is 13.2 Å². The smallest absolute Gasteiger partial charge is 0.344 e. The van der Waals surface area contributed by atoms with E-state index in [4.69, 9.17) is 25.5 Å². The number of nitrogens with zero attached hydrogens (tertiary/aromatic N) is 2. The Morgan fingerprint density at radius 1 is 1.00 bits per heavy atom. The predicted molar refractivity (Wildman–Crippen MR) is 125 cm³/mol. The van der Waals surface area contributed by atoms with Gasteiger partial charge in [0.2, 0.25) is 0 Å². The van der Waals surface area contributed by atoms with Crippen LogP contribution in [0.2, 0.25) is 0 Å². The topological polar surface area (TPSA) is 99.2 Å².